The number of anilines is 1. The number of carbonyl (C=O) groups excluding carboxylic acids is 1. The molecule has 0 radical (unpaired) electrons. The zero-order chi connectivity index (χ0) is 21.9. The number of imidazole rings is 1. The van der Waals surface area contributed by atoms with Gasteiger partial charge in [0.1, 0.15) is 24.2 Å². The molecular weight excluding hydrogens is 413 g/mol. The number of aromatic nitrogens is 4. The number of rotatable bonds is 4. The molecule has 11 nitrogen and oxygen atoms in total. The van der Waals surface area contributed by atoms with Crippen molar-refractivity contribution in [1.29, 1.82) is 0 Å². The van der Waals surface area contributed by atoms with E-state index < -0.39 is 42.5 Å². The second-order valence-electron chi connectivity index (χ2n) is 7.36. The van der Waals surface area contributed by atoms with Crippen molar-refractivity contribution in [3.05, 3.63) is 12.7 Å². The third-order valence-corrected chi connectivity index (χ3v) is 5.63. The fourth-order valence-electron chi connectivity index (χ4n) is 4.00. The zero-order valence-corrected chi connectivity index (χ0v) is 15.4. The summed E-state index contributed by atoms with van der Waals surface area (Å²) in [5.41, 5.74) is 0.915. The van der Waals surface area contributed by atoms with Gasteiger partial charge in [0.15, 0.2) is 29.5 Å². The van der Waals surface area contributed by atoms with Gasteiger partial charge in [-0.05, 0) is 12.8 Å². The van der Waals surface area contributed by atoms with Crippen LogP contribution in [0.4, 0.5) is 19.0 Å². The first-order valence-corrected chi connectivity index (χ1v) is 9.02. The summed E-state index contributed by atoms with van der Waals surface area (Å²) in [6.45, 7) is -0.586. The molecule has 164 valence electrons. The van der Waals surface area contributed by atoms with Crippen LogP contribution in [0.3, 0.4) is 0 Å². The number of aliphatic hydroxyl groups excluding tert-OH is 2. The van der Waals surface area contributed by atoms with Crippen LogP contribution in [0.2, 0.25) is 0 Å². The Hall–Kier alpha value is -2.39. The molecule has 0 spiro atoms. The molecule has 30 heavy (non-hydrogen) atoms. The number of aliphatic hydroxyl groups is 3. The Morgan fingerprint density at radius 2 is 2.10 bits per heavy atom. The average molecular weight is 432 g/mol. The van der Waals surface area contributed by atoms with Crippen LogP contribution in [-0.2, 0) is 9.53 Å². The van der Waals surface area contributed by atoms with Gasteiger partial charge in [0.05, 0.1) is 12.9 Å². The van der Waals surface area contributed by atoms with Gasteiger partial charge in [0.2, 0.25) is 5.60 Å². The van der Waals surface area contributed by atoms with Gasteiger partial charge in [0, 0.05) is 6.54 Å². The number of nitrogens with zero attached hydrogens (tertiary/aromatic N) is 5. The number of halogens is 3. The van der Waals surface area contributed by atoms with Crippen molar-refractivity contribution in [2.24, 2.45) is 5.73 Å². The van der Waals surface area contributed by atoms with Crippen molar-refractivity contribution in [2.45, 2.75) is 48.7 Å². The highest BCUT2D eigenvalue weighted by atomic mass is 19.4. The summed E-state index contributed by atoms with van der Waals surface area (Å²) in [6.07, 6.45) is -8.10. The van der Waals surface area contributed by atoms with Crippen LogP contribution in [-0.4, -0.2) is 83.9 Å². The fourth-order valence-corrected chi connectivity index (χ4v) is 4.00. The molecule has 14 heteroatoms. The largest absolute Gasteiger partial charge is 0.424 e. The van der Waals surface area contributed by atoms with Crippen molar-refractivity contribution >= 4 is 23.3 Å². The maximum atomic E-state index is 13.7. The summed E-state index contributed by atoms with van der Waals surface area (Å²) in [4.78, 5) is 25.1. The molecule has 4 rings (SSSR count). The van der Waals surface area contributed by atoms with E-state index in [1.54, 1.807) is 0 Å². The Morgan fingerprint density at radius 3 is 2.73 bits per heavy atom. The van der Waals surface area contributed by atoms with Gasteiger partial charge in [-0.25, -0.2) is 15.0 Å². The van der Waals surface area contributed by atoms with Crippen LogP contribution >= 0.6 is 0 Å². The van der Waals surface area contributed by atoms with Crippen molar-refractivity contribution in [3.8, 4) is 0 Å². The van der Waals surface area contributed by atoms with Crippen LogP contribution in [0.15, 0.2) is 12.7 Å². The van der Waals surface area contributed by atoms with Crippen LogP contribution in [0, 0.1) is 0 Å². The molecule has 2 fully saturated rings. The van der Waals surface area contributed by atoms with Gasteiger partial charge < -0.3 is 30.7 Å². The van der Waals surface area contributed by atoms with E-state index in [9.17, 15) is 33.3 Å². The topological polar surface area (TPSA) is 160 Å². The Morgan fingerprint density at radius 1 is 1.37 bits per heavy atom. The summed E-state index contributed by atoms with van der Waals surface area (Å²) in [5, 5.41) is 29.7. The molecule has 2 saturated heterocycles. The second kappa shape index (κ2) is 6.81. The molecule has 0 bridgehead atoms. The highest BCUT2D eigenvalue weighted by molar-refractivity contribution is 5.86. The summed E-state index contributed by atoms with van der Waals surface area (Å²) in [6, 6.07) is 0. The first-order chi connectivity index (χ1) is 14.1. The van der Waals surface area contributed by atoms with Crippen molar-refractivity contribution in [3.63, 3.8) is 0 Å². The number of hydrogen-bond donors (Lipinski definition) is 4. The van der Waals surface area contributed by atoms with Crippen molar-refractivity contribution < 1.29 is 38.0 Å². The maximum Gasteiger partial charge on any atom is 0.424 e. The number of alkyl halides is 3. The molecule has 4 heterocycles. The SMILES string of the molecule is NC1(C=O)CCCN1c1ncnc2c1ncn2C1OC(CO)C(O)[C@]1(O)C(F)(F)F. The van der Waals surface area contributed by atoms with Gasteiger partial charge in [-0.3, -0.25) is 9.36 Å². The van der Waals surface area contributed by atoms with Gasteiger partial charge >= 0.3 is 6.18 Å². The lowest BCUT2D eigenvalue weighted by atomic mass is 9.93. The van der Waals surface area contributed by atoms with Gasteiger partial charge in [-0.2, -0.15) is 13.2 Å². The Labute approximate surface area is 166 Å². The normalized spacial score (nSPS) is 34.8. The zero-order valence-electron chi connectivity index (χ0n) is 15.4. The van der Waals surface area contributed by atoms with E-state index in [0.717, 1.165) is 17.2 Å². The number of carbonyl (C=O) groups is 1. The number of ether oxygens (including phenoxy) is 1. The number of hydrogen-bond acceptors (Lipinski definition) is 10. The first-order valence-electron chi connectivity index (χ1n) is 9.02. The third kappa shape index (κ3) is 2.71. The third-order valence-electron chi connectivity index (χ3n) is 5.63. The summed E-state index contributed by atoms with van der Waals surface area (Å²) in [7, 11) is 0. The molecule has 0 saturated carbocycles. The highest BCUT2D eigenvalue weighted by Gasteiger charge is 2.70. The smallest absolute Gasteiger partial charge is 0.394 e. The Kier molecular flexibility index (Phi) is 4.74. The van der Waals surface area contributed by atoms with Gasteiger partial charge in [-0.15, -0.1) is 0 Å². The van der Waals surface area contributed by atoms with E-state index in [-0.39, 0.29) is 17.0 Å². The Balaban J connectivity index is 1.84. The molecule has 5 atom stereocenters. The van der Waals surface area contributed by atoms with Gasteiger partial charge in [0.25, 0.3) is 0 Å². The number of fused-ring (bicyclic) bond motifs is 1. The summed E-state index contributed by atoms with van der Waals surface area (Å²) < 4.78 is 47.1. The molecule has 4 unspecified atom stereocenters. The standard InChI is InChI=1S/C16H19F3N6O5/c17-16(18,19)15(29)10(28)8(4-26)30-13(15)24-7-23-9-11(24)21-6-22-12(9)25-3-1-2-14(25,20)5-27/h5-8,10,13,26,28-29H,1-4,20H2/t8?,10?,13?,14?,15-/m1/s1. The minimum Gasteiger partial charge on any atom is -0.394 e. The lowest BCUT2D eigenvalue weighted by Crippen LogP contribution is -2.57. The molecule has 2 aromatic rings. The molecule has 5 N–H and O–H groups in total. The van der Waals surface area contributed by atoms with E-state index in [2.05, 4.69) is 15.0 Å². The lowest BCUT2D eigenvalue weighted by Gasteiger charge is -2.33. The minimum absolute atomic E-state index is 0.0335. The van der Waals surface area contributed by atoms with Gasteiger partial charge in [-0.1, -0.05) is 0 Å². The van der Waals surface area contributed by atoms with Crippen molar-refractivity contribution in [2.75, 3.05) is 18.1 Å². The molecule has 2 aliphatic heterocycles. The van der Waals surface area contributed by atoms with E-state index in [4.69, 9.17) is 10.5 Å². The quantitative estimate of drug-likeness (QED) is 0.433. The monoisotopic (exact) mass is 432 g/mol. The predicted octanol–water partition coefficient (Wildman–Crippen LogP) is -1.18. The van der Waals surface area contributed by atoms with Crippen LogP contribution < -0.4 is 10.6 Å². The maximum absolute atomic E-state index is 13.7. The van der Waals surface area contributed by atoms with Crippen LogP contribution in [0.25, 0.3) is 11.2 Å². The summed E-state index contributed by atoms with van der Waals surface area (Å²) >= 11 is 0. The van der Waals surface area contributed by atoms with E-state index in [0.29, 0.717) is 25.7 Å². The minimum atomic E-state index is -5.30. The first kappa shape index (κ1) is 20.9. The molecule has 2 aromatic heterocycles. The number of aldehydes is 1. The van der Waals surface area contributed by atoms with E-state index in [1.165, 1.54) is 4.90 Å². The molecule has 2 aliphatic rings. The van der Waals surface area contributed by atoms with E-state index in [1.807, 2.05) is 0 Å². The average Bonchev–Trinajstić information content (AvgIpc) is 3.37. The molecule has 0 aliphatic carbocycles. The number of nitrogens with two attached hydrogens (primary N) is 1. The second-order valence-corrected chi connectivity index (χ2v) is 7.36. The fraction of sp³-hybridized carbons (Fsp3) is 0.625. The molecular formula is C16H19F3N6O5. The van der Waals surface area contributed by atoms with Crippen LogP contribution in [0.5, 0.6) is 0 Å². The Bertz CT molecular complexity index is 972. The van der Waals surface area contributed by atoms with Crippen molar-refractivity contribution in [1.82, 2.24) is 19.5 Å². The predicted molar refractivity (Wildman–Crippen MR) is 92.9 cm³/mol. The lowest BCUT2D eigenvalue weighted by molar-refractivity contribution is -0.303. The van der Waals surface area contributed by atoms with E-state index >= 15 is 0 Å². The highest BCUT2D eigenvalue weighted by Crippen LogP contribution is 2.49. The summed E-state index contributed by atoms with van der Waals surface area (Å²) in [5.74, 6) is 0.138. The molecule has 0 aromatic carbocycles. The molecule has 0 amide bonds. The van der Waals surface area contributed by atoms with Crippen LogP contribution in [0.1, 0.15) is 19.1 Å².